The summed E-state index contributed by atoms with van der Waals surface area (Å²) in [7, 11) is 0. The summed E-state index contributed by atoms with van der Waals surface area (Å²) < 4.78 is 39.7. The molecule has 32 heavy (non-hydrogen) atoms. The fraction of sp³-hybridized carbons (Fsp3) is 0.125. The van der Waals surface area contributed by atoms with E-state index in [0.717, 1.165) is 35.4 Å². The molecule has 5 nitrogen and oxygen atoms in total. The van der Waals surface area contributed by atoms with E-state index in [1.165, 1.54) is 10.6 Å². The van der Waals surface area contributed by atoms with Crippen molar-refractivity contribution in [3.05, 3.63) is 106 Å². The number of anilines is 1. The maximum atomic E-state index is 13.2. The zero-order valence-electron chi connectivity index (χ0n) is 17.0. The Bertz CT molecular complexity index is 1340. The highest BCUT2D eigenvalue weighted by molar-refractivity contribution is 6.05. The van der Waals surface area contributed by atoms with Crippen LogP contribution in [0.3, 0.4) is 0 Å². The number of alkyl halides is 3. The zero-order chi connectivity index (χ0) is 22.9. The van der Waals surface area contributed by atoms with Crippen molar-refractivity contribution in [1.82, 2.24) is 9.55 Å². The molecule has 0 bridgehead atoms. The number of pyridine rings is 2. The topological polar surface area (TPSA) is 64.0 Å². The lowest BCUT2D eigenvalue weighted by Crippen LogP contribution is -2.30. The zero-order valence-corrected chi connectivity index (χ0v) is 17.0. The number of nitrogens with one attached hydrogen (secondary N) is 1. The summed E-state index contributed by atoms with van der Waals surface area (Å²) in [5, 5.41) is 3.10. The van der Waals surface area contributed by atoms with Gasteiger partial charge in [0.1, 0.15) is 11.2 Å². The predicted molar refractivity (Wildman–Crippen MR) is 116 cm³/mol. The van der Waals surface area contributed by atoms with Crippen LogP contribution in [0.15, 0.2) is 77.7 Å². The Labute approximate surface area is 181 Å². The third-order valence-corrected chi connectivity index (χ3v) is 5.02. The monoisotopic (exact) mass is 437 g/mol. The van der Waals surface area contributed by atoms with Gasteiger partial charge in [-0.25, -0.2) is 4.98 Å². The van der Waals surface area contributed by atoms with Gasteiger partial charge in [-0.15, -0.1) is 0 Å². The largest absolute Gasteiger partial charge is 0.416 e. The molecule has 0 saturated carbocycles. The summed E-state index contributed by atoms with van der Waals surface area (Å²) >= 11 is 0. The quantitative estimate of drug-likeness (QED) is 0.487. The van der Waals surface area contributed by atoms with Gasteiger partial charge in [-0.1, -0.05) is 29.8 Å². The van der Waals surface area contributed by atoms with Crippen LogP contribution in [0.5, 0.6) is 0 Å². The molecule has 4 rings (SSSR count). The summed E-state index contributed by atoms with van der Waals surface area (Å²) in [6.45, 7) is 2.17. The van der Waals surface area contributed by atoms with Crippen molar-refractivity contribution in [3.8, 4) is 0 Å². The second-order valence-corrected chi connectivity index (χ2v) is 7.38. The van der Waals surface area contributed by atoms with Crippen molar-refractivity contribution < 1.29 is 18.0 Å². The molecule has 0 saturated heterocycles. The number of aryl methyl sites for hydroxylation is 1. The summed E-state index contributed by atoms with van der Waals surface area (Å²) in [5.41, 5.74) is 1.04. The van der Waals surface area contributed by atoms with Gasteiger partial charge in [0.25, 0.3) is 11.5 Å². The molecule has 4 aromatic rings. The SMILES string of the molecule is Cc1ccc(Cn2c(=O)c(C(=O)Nc3ccc(C(F)(F)F)cc3)cc3cccnc32)cc1. The third-order valence-electron chi connectivity index (χ3n) is 5.02. The average Bonchev–Trinajstić information content (AvgIpc) is 2.76. The van der Waals surface area contributed by atoms with Crippen molar-refractivity contribution in [3.63, 3.8) is 0 Å². The number of carbonyl (C=O) groups excluding carboxylic acids is 1. The first kappa shape index (κ1) is 21.3. The van der Waals surface area contributed by atoms with E-state index in [1.54, 1.807) is 18.3 Å². The third kappa shape index (κ3) is 4.39. The Morgan fingerprint density at radius 1 is 1.03 bits per heavy atom. The molecular formula is C24H18F3N3O2. The number of amides is 1. The molecule has 8 heteroatoms. The number of carbonyl (C=O) groups is 1. The van der Waals surface area contributed by atoms with Gasteiger partial charge in [-0.2, -0.15) is 13.2 Å². The van der Waals surface area contributed by atoms with E-state index in [4.69, 9.17) is 0 Å². The van der Waals surface area contributed by atoms with Crippen LogP contribution >= 0.6 is 0 Å². The van der Waals surface area contributed by atoms with Crippen molar-refractivity contribution in [2.24, 2.45) is 0 Å². The number of halogens is 3. The maximum absolute atomic E-state index is 13.2. The minimum Gasteiger partial charge on any atom is -0.322 e. The summed E-state index contributed by atoms with van der Waals surface area (Å²) in [6, 6.07) is 16.6. The summed E-state index contributed by atoms with van der Waals surface area (Å²) in [6.07, 6.45) is -2.91. The van der Waals surface area contributed by atoms with E-state index in [2.05, 4.69) is 10.3 Å². The molecule has 0 radical (unpaired) electrons. The van der Waals surface area contributed by atoms with Gasteiger partial charge in [0.05, 0.1) is 12.1 Å². The summed E-state index contributed by atoms with van der Waals surface area (Å²) in [4.78, 5) is 30.3. The molecule has 0 aliphatic heterocycles. The highest BCUT2D eigenvalue weighted by Gasteiger charge is 2.30. The van der Waals surface area contributed by atoms with Crippen molar-refractivity contribution in [1.29, 1.82) is 0 Å². The molecule has 0 atom stereocenters. The molecule has 2 aromatic heterocycles. The van der Waals surface area contributed by atoms with Gasteiger partial charge in [0.2, 0.25) is 0 Å². The molecule has 2 aromatic carbocycles. The number of aromatic nitrogens is 2. The first-order valence-electron chi connectivity index (χ1n) is 9.75. The smallest absolute Gasteiger partial charge is 0.322 e. The van der Waals surface area contributed by atoms with Gasteiger partial charge < -0.3 is 5.32 Å². The highest BCUT2D eigenvalue weighted by atomic mass is 19.4. The van der Waals surface area contributed by atoms with Crippen LogP contribution in [-0.4, -0.2) is 15.5 Å². The first-order chi connectivity index (χ1) is 15.2. The van der Waals surface area contributed by atoms with Crippen LogP contribution < -0.4 is 10.9 Å². The first-order valence-corrected chi connectivity index (χ1v) is 9.75. The van der Waals surface area contributed by atoms with Crippen LogP contribution in [0.2, 0.25) is 0 Å². The van der Waals surface area contributed by atoms with Crippen molar-refractivity contribution in [2.75, 3.05) is 5.32 Å². The number of benzene rings is 2. The van der Waals surface area contributed by atoms with Crippen LogP contribution in [0.25, 0.3) is 11.0 Å². The summed E-state index contributed by atoms with van der Waals surface area (Å²) in [5.74, 6) is -0.710. The van der Waals surface area contributed by atoms with E-state index < -0.39 is 23.2 Å². The number of fused-ring (bicyclic) bond motifs is 1. The van der Waals surface area contributed by atoms with Gasteiger partial charge in [0.15, 0.2) is 0 Å². The van der Waals surface area contributed by atoms with E-state index in [1.807, 2.05) is 31.2 Å². The molecule has 162 valence electrons. The maximum Gasteiger partial charge on any atom is 0.416 e. The molecular weight excluding hydrogens is 419 g/mol. The van der Waals surface area contributed by atoms with Crippen LogP contribution in [0.4, 0.5) is 18.9 Å². The number of nitrogens with zero attached hydrogens (tertiary/aromatic N) is 2. The molecule has 1 N–H and O–H groups in total. The van der Waals surface area contributed by atoms with Crippen LogP contribution in [-0.2, 0) is 12.7 Å². The van der Waals surface area contributed by atoms with Crippen molar-refractivity contribution in [2.45, 2.75) is 19.6 Å². The second-order valence-electron chi connectivity index (χ2n) is 7.38. The predicted octanol–water partition coefficient (Wildman–Crippen LogP) is 5.02. The Morgan fingerprint density at radius 2 is 1.72 bits per heavy atom. The molecule has 1 amide bonds. The second kappa shape index (κ2) is 8.30. The van der Waals surface area contributed by atoms with Gasteiger partial charge in [0, 0.05) is 17.3 Å². The molecule has 2 heterocycles. The highest BCUT2D eigenvalue weighted by Crippen LogP contribution is 2.29. The molecule has 0 spiro atoms. The Kier molecular flexibility index (Phi) is 5.52. The Balaban J connectivity index is 1.71. The van der Waals surface area contributed by atoms with E-state index >= 15 is 0 Å². The standard InChI is InChI=1S/C24H18F3N3O2/c1-15-4-6-16(7-5-15)14-30-21-17(3-2-12-28-21)13-20(23(30)32)22(31)29-19-10-8-18(9-11-19)24(25,26)27/h2-13H,14H2,1H3,(H,29,31). The molecule has 0 aliphatic carbocycles. The lowest BCUT2D eigenvalue weighted by molar-refractivity contribution is -0.137. The van der Waals surface area contributed by atoms with Gasteiger partial charge >= 0.3 is 6.18 Å². The van der Waals surface area contributed by atoms with E-state index in [9.17, 15) is 22.8 Å². The van der Waals surface area contributed by atoms with E-state index in [-0.39, 0.29) is 17.8 Å². The molecule has 0 aliphatic rings. The fourth-order valence-corrected chi connectivity index (χ4v) is 3.33. The van der Waals surface area contributed by atoms with E-state index in [0.29, 0.717) is 11.0 Å². The lowest BCUT2D eigenvalue weighted by atomic mass is 10.1. The van der Waals surface area contributed by atoms with Gasteiger partial charge in [-0.05, 0) is 55.0 Å². The average molecular weight is 437 g/mol. The number of hydrogen-bond donors (Lipinski definition) is 1. The molecule has 0 unspecified atom stereocenters. The Hall–Kier alpha value is -3.94. The van der Waals surface area contributed by atoms with Crippen molar-refractivity contribution >= 4 is 22.6 Å². The fourth-order valence-electron chi connectivity index (χ4n) is 3.33. The normalized spacial score (nSPS) is 11.5. The Morgan fingerprint density at radius 3 is 2.38 bits per heavy atom. The van der Waals surface area contributed by atoms with Crippen LogP contribution in [0, 0.1) is 6.92 Å². The van der Waals surface area contributed by atoms with Crippen LogP contribution in [0.1, 0.15) is 27.0 Å². The number of rotatable bonds is 4. The number of hydrogen-bond acceptors (Lipinski definition) is 3. The minimum atomic E-state index is -4.47. The lowest BCUT2D eigenvalue weighted by Gasteiger charge is -2.13. The minimum absolute atomic E-state index is 0.127. The molecule has 0 fully saturated rings. The van der Waals surface area contributed by atoms with Gasteiger partial charge in [-0.3, -0.25) is 14.2 Å².